The van der Waals surface area contributed by atoms with Crippen molar-refractivity contribution in [3.8, 4) is 6.07 Å². The van der Waals surface area contributed by atoms with Crippen molar-refractivity contribution in [2.24, 2.45) is 0 Å². The van der Waals surface area contributed by atoms with Gasteiger partial charge in [0.05, 0.1) is 22.2 Å². The number of para-hydroxylation sites is 1. The normalized spacial score (nSPS) is 15.7. The molecule has 1 saturated heterocycles. The zero-order chi connectivity index (χ0) is 22.9. The third kappa shape index (κ3) is 3.99. The number of rotatable bonds is 4. The van der Waals surface area contributed by atoms with Crippen LogP contribution >= 0.6 is 11.6 Å². The monoisotopic (exact) mass is 457 g/mol. The summed E-state index contributed by atoms with van der Waals surface area (Å²) >= 11 is 5.88. The van der Waals surface area contributed by atoms with Gasteiger partial charge in [-0.1, -0.05) is 48.0 Å². The summed E-state index contributed by atoms with van der Waals surface area (Å²) in [6, 6.07) is 22.6. The Hall–Kier alpha value is -3.62. The van der Waals surface area contributed by atoms with E-state index in [-0.39, 0.29) is 22.4 Å². The van der Waals surface area contributed by atoms with E-state index in [0.29, 0.717) is 25.2 Å². The molecule has 5 rings (SSSR count). The summed E-state index contributed by atoms with van der Waals surface area (Å²) in [5.74, 6) is -0.828. The number of carbonyl (C=O) groups is 1. The van der Waals surface area contributed by atoms with Gasteiger partial charge in [-0.25, -0.2) is 4.39 Å². The Morgan fingerprint density at radius 3 is 2.79 bits per heavy atom. The molecule has 1 fully saturated rings. The predicted molar refractivity (Wildman–Crippen MR) is 127 cm³/mol. The summed E-state index contributed by atoms with van der Waals surface area (Å²) in [6.45, 7) is 1.75. The van der Waals surface area contributed by atoms with E-state index in [0.717, 1.165) is 22.9 Å². The minimum Gasteiger partial charge on any atom is -0.343 e. The van der Waals surface area contributed by atoms with Crippen LogP contribution in [0.2, 0.25) is 5.02 Å². The molecule has 33 heavy (non-hydrogen) atoms. The maximum absolute atomic E-state index is 14.4. The molecule has 1 amide bonds. The number of benzene rings is 3. The van der Waals surface area contributed by atoms with E-state index in [1.807, 2.05) is 30.3 Å². The Morgan fingerprint density at radius 2 is 1.94 bits per heavy atom. The molecule has 4 nitrogen and oxygen atoms in total. The summed E-state index contributed by atoms with van der Waals surface area (Å²) in [5, 5.41) is 10.3. The molecule has 0 radical (unpaired) electrons. The number of carbonyl (C=O) groups excluding carboxylic acids is 1. The molecule has 164 valence electrons. The van der Waals surface area contributed by atoms with E-state index >= 15 is 0 Å². The fraction of sp³-hybridized carbons (Fsp3) is 0.185. The predicted octanol–water partition coefficient (Wildman–Crippen LogP) is 5.98. The van der Waals surface area contributed by atoms with Crippen molar-refractivity contribution in [2.45, 2.75) is 18.9 Å². The van der Waals surface area contributed by atoms with Crippen molar-refractivity contribution in [1.82, 2.24) is 9.47 Å². The Bertz CT molecular complexity index is 1400. The van der Waals surface area contributed by atoms with Crippen LogP contribution in [0.5, 0.6) is 0 Å². The third-order valence-corrected chi connectivity index (χ3v) is 6.62. The van der Waals surface area contributed by atoms with Crippen LogP contribution < -0.4 is 0 Å². The van der Waals surface area contributed by atoms with Crippen molar-refractivity contribution in [1.29, 1.82) is 5.26 Å². The molecule has 0 saturated carbocycles. The van der Waals surface area contributed by atoms with E-state index in [4.69, 9.17) is 11.6 Å². The summed E-state index contributed by atoms with van der Waals surface area (Å²) in [7, 11) is 0. The SMILES string of the molecule is N#Cc1cccc(Cn2cc(C3CCN(C(=O)c4cccc(Cl)c4F)C3)c3ccccc32)c1. The summed E-state index contributed by atoms with van der Waals surface area (Å²) in [6.07, 6.45) is 2.97. The molecule has 0 N–H and O–H groups in total. The molecule has 1 aliphatic rings. The first kappa shape index (κ1) is 21.2. The van der Waals surface area contributed by atoms with Crippen LogP contribution in [0.1, 0.15) is 39.4 Å². The fourth-order valence-electron chi connectivity index (χ4n) is 4.71. The number of hydrogen-bond donors (Lipinski definition) is 0. The molecule has 1 atom stereocenters. The van der Waals surface area contributed by atoms with Gasteiger partial charge in [-0.15, -0.1) is 0 Å². The average molecular weight is 458 g/mol. The zero-order valence-electron chi connectivity index (χ0n) is 17.8. The number of amides is 1. The summed E-state index contributed by atoms with van der Waals surface area (Å²) in [4.78, 5) is 14.7. The minimum absolute atomic E-state index is 0.0166. The molecule has 0 aliphatic carbocycles. The van der Waals surface area contributed by atoms with Crippen LogP contribution in [0, 0.1) is 17.1 Å². The first-order valence-corrected chi connectivity index (χ1v) is 11.2. The highest BCUT2D eigenvalue weighted by Crippen LogP contribution is 2.35. The fourth-order valence-corrected chi connectivity index (χ4v) is 4.88. The van der Waals surface area contributed by atoms with Gasteiger partial charge in [-0.05, 0) is 47.9 Å². The second-order valence-electron chi connectivity index (χ2n) is 8.38. The molecule has 0 bridgehead atoms. The highest BCUT2D eigenvalue weighted by atomic mass is 35.5. The topological polar surface area (TPSA) is 49.0 Å². The molecule has 4 aromatic rings. The van der Waals surface area contributed by atoms with Crippen molar-refractivity contribution in [3.05, 3.63) is 106 Å². The number of aromatic nitrogens is 1. The number of nitrogens with zero attached hydrogens (tertiary/aromatic N) is 3. The summed E-state index contributed by atoms with van der Waals surface area (Å²) < 4.78 is 16.6. The summed E-state index contributed by atoms with van der Waals surface area (Å²) in [5.41, 5.74) is 4.01. The lowest BCUT2D eigenvalue weighted by molar-refractivity contribution is 0.0786. The van der Waals surface area contributed by atoms with Gasteiger partial charge >= 0.3 is 0 Å². The van der Waals surface area contributed by atoms with Gasteiger partial charge in [0.25, 0.3) is 5.91 Å². The van der Waals surface area contributed by atoms with Gasteiger partial charge in [0.1, 0.15) is 0 Å². The number of halogens is 2. The number of nitriles is 1. The molecule has 6 heteroatoms. The smallest absolute Gasteiger partial charge is 0.256 e. The van der Waals surface area contributed by atoms with Crippen LogP contribution in [0.3, 0.4) is 0 Å². The lowest BCUT2D eigenvalue weighted by Gasteiger charge is -2.17. The Kier molecular flexibility index (Phi) is 5.62. The molecular weight excluding hydrogens is 437 g/mol. The lowest BCUT2D eigenvalue weighted by Crippen LogP contribution is -2.29. The molecule has 0 spiro atoms. The second-order valence-corrected chi connectivity index (χ2v) is 8.79. The Balaban J connectivity index is 1.43. The van der Waals surface area contributed by atoms with E-state index in [2.05, 4.69) is 29.0 Å². The Labute approximate surface area is 196 Å². The van der Waals surface area contributed by atoms with E-state index < -0.39 is 5.82 Å². The van der Waals surface area contributed by atoms with Crippen LogP contribution in [0.25, 0.3) is 10.9 Å². The molecular formula is C27H21ClFN3O. The second kappa shape index (κ2) is 8.73. The van der Waals surface area contributed by atoms with Crippen LogP contribution in [0.4, 0.5) is 4.39 Å². The highest BCUT2D eigenvalue weighted by Gasteiger charge is 2.31. The van der Waals surface area contributed by atoms with Crippen LogP contribution in [-0.2, 0) is 6.54 Å². The van der Waals surface area contributed by atoms with Crippen molar-refractivity contribution in [2.75, 3.05) is 13.1 Å². The lowest BCUT2D eigenvalue weighted by atomic mass is 9.98. The molecule has 1 aliphatic heterocycles. The van der Waals surface area contributed by atoms with Gasteiger partial charge in [-0.2, -0.15) is 5.26 Å². The number of fused-ring (bicyclic) bond motifs is 1. The van der Waals surface area contributed by atoms with Crippen molar-refractivity contribution >= 4 is 28.4 Å². The maximum Gasteiger partial charge on any atom is 0.256 e. The number of likely N-dealkylation sites (tertiary alicyclic amines) is 1. The van der Waals surface area contributed by atoms with E-state index in [1.54, 1.807) is 17.0 Å². The van der Waals surface area contributed by atoms with E-state index in [1.165, 1.54) is 17.7 Å². The average Bonchev–Trinajstić information content (AvgIpc) is 3.46. The van der Waals surface area contributed by atoms with Gasteiger partial charge in [0.2, 0.25) is 0 Å². The van der Waals surface area contributed by atoms with Gasteiger partial charge < -0.3 is 9.47 Å². The number of hydrogen-bond acceptors (Lipinski definition) is 2. The van der Waals surface area contributed by atoms with E-state index in [9.17, 15) is 14.4 Å². The standard InChI is InChI=1S/C27H21ClFN3O/c28-24-9-4-8-22(26(24)29)27(33)31-12-11-20(16-31)23-17-32(25-10-2-1-7-21(23)25)15-19-6-3-5-18(13-19)14-30/h1-10,13,17,20H,11-12,15-16H2. The maximum atomic E-state index is 14.4. The largest absolute Gasteiger partial charge is 0.343 e. The van der Waals surface area contributed by atoms with Gasteiger partial charge in [0, 0.05) is 42.7 Å². The highest BCUT2D eigenvalue weighted by molar-refractivity contribution is 6.31. The first-order chi connectivity index (χ1) is 16.0. The molecule has 1 aromatic heterocycles. The first-order valence-electron chi connectivity index (χ1n) is 10.8. The molecule has 3 aromatic carbocycles. The molecule has 1 unspecified atom stereocenters. The Morgan fingerprint density at radius 1 is 1.12 bits per heavy atom. The van der Waals surface area contributed by atoms with Crippen molar-refractivity contribution < 1.29 is 9.18 Å². The van der Waals surface area contributed by atoms with Gasteiger partial charge in [0.15, 0.2) is 5.82 Å². The molecule has 2 heterocycles. The van der Waals surface area contributed by atoms with Crippen LogP contribution in [-0.4, -0.2) is 28.5 Å². The quantitative estimate of drug-likeness (QED) is 0.378. The minimum atomic E-state index is -0.663. The van der Waals surface area contributed by atoms with Crippen LogP contribution in [0.15, 0.2) is 72.9 Å². The van der Waals surface area contributed by atoms with Gasteiger partial charge in [-0.3, -0.25) is 4.79 Å². The van der Waals surface area contributed by atoms with Crippen molar-refractivity contribution in [3.63, 3.8) is 0 Å². The zero-order valence-corrected chi connectivity index (χ0v) is 18.6. The third-order valence-electron chi connectivity index (χ3n) is 6.33.